The Balaban J connectivity index is 2.18. The molecule has 0 saturated carbocycles. The molecule has 0 aliphatic heterocycles. The van der Waals surface area contributed by atoms with Gasteiger partial charge in [-0.1, -0.05) is 28.9 Å². The first kappa shape index (κ1) is 16.1. The van der Waals surface area contributed by atoms with E-state index < -0.39 is 0 Å². The predicted molar refractivity (Wildman–Crippen MR) is 90.9 cm³/mol. The summed E-state index contributed by atoms with van der Waals surface area (Å²) in [6.07, 6.45) is 1.93. The maximum atomic E-state index is 13.2. The van der Waals surface area contributed by atoms with Crippen molar-refractivity contribution in [3.8, 4) is 0 Å². The van der Waals surface area contributed by atoms with E-state index in [0.29, 0.717) is 0 Å². The van der Waals surface area contributed by atoms with Crippen LogP contribution < -0.4 is 5.32 Å². The normalized spacial score (nSPS) is 12.6. The highest BCUT2D eigenvalue weighted by molar-refractivity contribution is 9.11. The van der Waals surface area contributed by atoms with E-state index in [0.717, 1.165) is 33.2 Å². The number of hydrogen-bond acceptors (Lipinski definition) is 2. The Bertz CT molecular complexity index is 571. The first-order chi connectivity index (χ1) is 9.60. The second-order valence-electron chi connectivity index (χ2n) is 4.59. The predicted octanol–water partition coefficient (Wildman–Crippen LogP) is 5.70. The number of benzene rings is 1. The fraction of sp³-hybridized carbons (Fsp3) is 0.333. The summed E-state index contributed by atoms with van der Waals surface area (Å²) < 4.78 is 15.1. The summed E-state index contributed by atoms with van der Waals surface area (Å²) in [5.41, 5.74) is 1.12. The van der Waals surface area contributed by atoms with Gasteiger partial charge in [-0.2, -0.15) is 0 Å². The Hall–Kier alpha value is -0.230. The molecule has 0 radical (unpaired) electrons. The molecule has 1 atom stereocenters. The van der Waals surface area contributed by atoms with E-state index in [1.54, 1.807) is 11.3 Å². The van der Waals surface area contributed by atoms with Crippen molar-refractivity contribution in [3.05, 3.63) is 54.8 Å². The average molecular weight is 421 g/mol. The van der Waals surface area contributed by atoms with Crippen molar-refractivity contribution in [1.82, 2.24) is 5.32 Å². The molecule has 1 heterocycles. The molecule has 108 valence electrons. The smallest absolute Gasteiger partial charge is 0.124 e. The highest BCUT2D eigenvalue weighted by Crippen LogP contribution is 2.31. The topological polar surface area (TPSA) is 12.0 Å². The van der Waals surface area contributed by atoms with Gasteiger partial charge in [0, 0.05) is 15.4 Å². The quantitative estimate of drug-likeness (QED) is 0.632. The molecular formula is C15H16Br2FNS. The van der Waals surface area contributed by atoms with Crippen molar-refractivity contribution >= 4 is 43.2 Å². The van der Waals surface area contributed by atoms with E-state index in [1.165, 1.54) is 17.0 Å². The van der Waals surface area contributed by atoms with Gasteiger partial charge in [-0.15, -0.1) is 11.3 Å². The van der Waals surface area contributed by atoms with Crippen molar-refractivity contribution < 1.29 is 4.39 Å². The van der Waals surface area contributed by atoms with Crippen molar-refractivity contribution in [2.24, 2.45) is 0 Å². The summed E-state index contributed by atoms with van der Waals surface area (Å²) in [6, 6.07) is 9.36. The van der Waals surface area contributed by atoms with Gasteiger partial charge in [0.1, 0.15) is 5.82 Å². The summed E-state index contributed by atoms with van der Waals surface area (Å²) in [4.78, 5) is 1.29. The first-order valence-electron chi connectivity index (χ1n) is 6.52. The highest BCUT2D eigenvalue weighted by atomic mass is 79.9. The van der Waals surface area contributed by atoms with Crippen LogP contribution in [0.25, 0.3) is 0 Å². The third-order valence-corrected chi connectivity index (χ3v) is 5.49. The van der Waals surface area contributed by atoms with Gasteiger partial charge in [0.05, 0.1) is 3.79 Å². The second-order valence-corrected chi connectivity index (χ2v) is 7.94. The summed E-state index contributed by atoms with van der Waals surface area (Å²) in [5, 5.41) is 3.56. The molecule has 1 nitrogen and oxygen atoms in total. The van der Waals surface area contributed by atoms with Gasteiger partial charge in [0.25, 0.3) is 0 Å². The Labute approximate surface area is 139 Å². The molecule has 5 heteroatoms. The Morgan fingerprint density at radius 2 is 2.05 bits per heavy atom. The third kappa shape index (κ3) is 4.38. The summed E-state index contributed by atoms with van der Waals surface area (Å²) in [6.45, 7) is 3.13. The zero-order valence-electron chi connectivity index (χ0n) is 11.1. The number of thiophene rings is 1. The van der Waals surface area contributed by atoms with E-state index in [2.05, 4.69) is 56.2 Å². The van der Waals surface area contributed by atoms with Crippen molar-refractivity contribution in [3.63, 3.8) is 0 Å². The molecule has 1 aromatic heterocycles. The lowest BCUT2D eigenvalue weighted by atomic mass is 10.0. The second kappa shape index (κ2) is 7.69. The Kier molecular flexibility index (Phi) is 6.20. The molecule has 0 aliphatic carbocycles. The van der Waals surface area contributed by atoms with Gasteiger partial charge < -0.3 is 5.32 Å². The van der Waals surface area contributed by atoms with Crippen LogP contribution in [0.3, 0.4) is 0 Å². The monoisotopic (exact) mass is 419 g/mol. The lowest BCUT2D eigenvalue weighted by Gasteiger charge is -2.18. The molecule has 20 heavy (non-hydrogen) atoms. The zero-order chi connectivity index (χ0) is 14.5. The molecule has 0 saturated heterocycles. The molecule has 1 aromatic carbocycles. The fourth-order valence-electron chi connectivity index (χ4n) is 2.01. The molecule has 2 rings (SSSR count). The van der Waals surface area contributed by atoms with Gasteiger partial charge in [-0.05, 0) is 65.1 Å². The average Bonchev–Trinajstić information content (AvgIpc) is 2.83. The number of nitrogens with one attached hydrogen (secondary N) is 1. The molecule has 1 unspecified atom stereocenters. The van der Waals surface area contributed by atoms with E-state index in [9.17, 15) is 4.39 Å². The van der Waals surface area contributed by atoms with Gasteiger partial charge in [-0.3, -0.25) is 0 Å². The van der Waals surface area contributed by atoms with Crippen LogP contribution in [0.4, 0.5) is 4.39 Å². The van der Waals surface area contributed by atoms with Crippen LogP contribution in [0.15, 0.2) is 38.6 Å². The summed E-state index contributed by atoms with van der Waals surface area (Å²) >= 11 is 8.70. The van der Waals surface area contributed by atoms with Crippen molar-refractivity contribution in [2.75, 3.05) is 6.54 Å². The number of hydrogen-bond donors (Lipinski definition) is 1. The minimum absolute atomic E-state index is 0.211. The van der Waals surface area contributed by atoms with Crippen LogP contribution in [0.2, 0.25) is 0 Å². The van der Waals surface area contributed by atoms with E-state index in [-0.39, 0.29) is 11.9 Å². The zero-order valence-corrected chi connectivity index (χ0v) is 15.1. The van der Waals surface area contributed by atoms with Crippen LogP contribution >= 0.6 is 43.2 Å². The van der Waals surface area contributed by atoms with Crippen LogP contribution in [-0.2, 0) is 6.42 Å². The fourth-order valence-corrected chi connectivity index (χ4v) is 4.03. The molecule has 0 spiro atoms. The maximum Gasteiger partial charge on any atom is 0.124 e. The van der Waals surface area contributed by atoms with Crippen LogP contribution in [0.5, 0.6) is 0 Å². The first-order valence-corrected chi connectivity index (χ1v) is 8.93. The standard InChI is InChI=1S/C15H16Br2FNS/c1-2-7-19-13(14-5-6-15(17)20-14)8-10-3-4-11(18)9-12(10)16/h3-6,9,13,19H,2,7-8H2,1H3. The van der Waals surface area contributed by atoms with Crippen molar-refractivity contribution in [1.29, 1.82) is 0 Å². The lowest BCUT2D eigenvalue weighted by Crippen LogP contribution is -2.23. The summed E-state index contributed by atoms with van der Waals surface area (Å²) in [5.74, 6) is -0.211. The van der Waals surface area contributed by atoms with E-state index >= 15 is 0 Å². The summed E-state index contributed by atoms with van der Waals surface area (Å²) in [7, 11) is 0. The van der Waals surface area contributed by atoms with Crippen LogP contribution in [-0.4, -0.2) is 6.54 Å². The molecule has 0 aliphatic rings. The van der Waals surface area contributed by atoms with Gasteiger partial charge in [-0.25, -0.2) is 4.39 Å². The van der Waals surface area contributed by atoms with Crippen molar-refractivity contribution in [2.45, 2.75) is 25.8 Å². The van der Waals surface area contributed by atoms with E-state index in [4.69, 9.17) is 0 Å². The molecular weight excluding hydrogens is 405 g/mol. The maximum absolute atomic E-state index is 13.2. The molecule has 0 fully saturated rings. The van der Waals surface area contributed by atoms with Gasteiger partial charge in [0.2, 0.25) is 0 Å². The third-order valence-electron chi connectivity index (χ3n) is 3.02. The SMILES string of the molecule is CCCNC(Cc1ccc(F)cc1Br)c1ccc(Br)s1. The van der Waals surface area contributed by atoms with Gasteiger partial charge >= 0.3 is 0 Å². The minimum atomic E-state index is -0.211. The number of rotatable bonds is 6. The number of halogens is 3. The molecule has 0 bridgehead atoms. The molecule has 2 aromatic rings. The minimum Gasteiger partial charge on any atom is -0.309 e. The van der Waals surface area contributed by atoms with Crippen LogP contribution in [0, 0.1) is 5.82 Å². The molecule has 0 amide bonds. The Morgan fingerprint density at radius 3 is 2.65 bits per heavy atom. The Morgan fingerprint density at radius 1 is 1.25 bits per heavy atom. The lowest BCUT2D eigenvalue weighted by molar-refractivity contribution is 0.535. The molecule has 1 N–H and O–H groups in total. The van der Waals surface area contributed by atoms with Gasteiger partial charge in [0.15, 0.2) is 0 Å². The van der Waals surface area contributed by atoms with E-state index in [1.807, 2.05) is 6.07 Å². The highest BCUT2D eigenvalue weighted by Gasteiger charge is 2.15. The van der Waals surface area contributed by atoms with Crippen LogP contribution in [0.1, 0.15) is 29.8 Å². The largest absolute Gasteiger partial charge is 0.309 e.